The average Bonchev–Trinajstić information content (AvgIpc) is 3.81. The molecule has 0 aromatic heterocycles. The Balaban J connectivity index is 1.34. The Morgan fingerprint density at radius 1 is 0.419 bits per heavy atom. The molecule has 6 aromatic rings. The van der Waals surface area contributed by atoms with Gasteiger partial charge >= 0.3 is 0 Å². The van der Waals surface area contributed by atoms with E-state index < -0.39 is 7.92 Å². The number of hydrogen-bond donors (Lipinski definition) is 0. The molecule has 2 aliphatic heterocycles. The van der Waals surface area contributed by atoms with Crippen LogP contribution < -0.4 is 25.7 Å². The van der Waals surface area contributed by atoms with E-state index in [0.717, 1.165) is 0 Å². The van der Waals surface area contributed by atoms with Gasteiger partial charge in [0.2, 0.25) is 0 Å². The summed E-state index contributed by atoms with van der Waals surface area (Å²) in [6, 6.07) is 48.4. The lowest BCUT2D eigenvalue weighted by atomic mass is 9.94. The Bertz CT molecular complexity index is 1820. The highest BCUT2D eigenvalue weighted by Gasteiger charge is 2.24. The molecule has 6 aromatic carbocycles. The van der Waals surface area contributed by atoms with E-state index in [1.165, 1.54) is 112 Å². The van der Waals surface area contributed by atoms with Crippen molar-refractivity contribution in [3.05, 3.63) is 127 Å². The molecule has 0 N–H and O–H groups in total. The molecule has 0 aliphatic carbocycles. The van der Waals surface area contributed by atoms with Crippen molar-refractivity contribution in [2.45, 2.75) is 25.7 Å². The predicted molar refractivity (Wildman–Crippen MR) is 188 cm³/mol. The molecular weight excluding hydrogens is 539 g/mol. The van der Waals surface area contributed by atoms with E-state index in [4.69, 9.17) is 0 Å². The van der Waals surface area contributed by atoms with E-state index in [-0.39, 0.29) is 0 Å². The highest BCUT2D eigenvalue weighted by molar-refractivity contribution is 7.80. The summed E-state index contributed by atoms with van der Waals surface area (Å²) < 4.78 is 0. The highest BCUT2D eigenvalue weighted by atomic mass is 31.1. The summed E-state index contributed by atoms with van der Waals surface area (Å²) in [6.45, 7) is 4.67. The van der Waals surface area contributed by atoms with Gasteiger partial charge in [-0.2, -0.15) is 0 Å². The van der Waals surface area contributed by atoms with Crippen molar-refractivity contribution in [1.29, 1.82) is 0 Å². The first-order chi connectivity index (χ1) is 21.3. The van der Waals surface area contributed by atoms with Gasteiger partial charge in [-0.15, -0.1) is 0 Å². The number of fused-ring (bicyclic) bond motifs is 2. The fourth-order valence-electron chi connectivity index (χ4n) is 7.18. The standard InChI is InChI=1S/C40H37N2P/c1-3-13-36-30(10-1)12-9-15-38(36)40-37-14-4-2-11-31(37)16-25-39(40)43(34-21-17-32(18-22-34)41-26-5-6-27-41)35-23-19-33(20-24-35)42-28-7-8-29-42/h1-4,9-25H,5-8,26-29H2. The van der Waals surface area contributed by atoms with Gasteiger partial charge in [0, 0.05) is 37.6 Å². The third-order valence-corrected chi connectivity index (χ3v) is 11.8. The largest absolute Gasteiger partial charge is 0.372 e. The molecule has 2 saturated heterocycles. The first-order valence-electron chi connectivity index (χ1n) is 15.8. The lowest BCUT2D eigenvalue weighted by molar-refractivity contribution is 0.949. The van der Waals surface area contributed by atoms with Gasteiger partial charge in [0.15, 0.2) is 0 Å². The Kier molecular flexibility index (Phi) is 7.09. The van der Waals surface area contributed by atoms with Crippen LogP contribution in [0.25, 0.3) is 32.7 Å². The predicted octanol–water partition coefficient (Wildman–Crippen LogP) is 8.62. The highest BCUT2D eigenvalue weighted by Crippen LogP contribution is 2.42. The molecule has 0 atom stereocenters. The topological polar surface area (TPSA) is 6.48 Å². The smallest absolute Gasteiger partial charge is 0.0366 e. The molecule has 2 aliphatic rings. The van der Waals surface area contributed by atoms with Crippen LogP contribution in [-0.2, 0) is 0 Å². The first-order valence-corrected chi connectivity index (χ1v) is 17.2. The van der Waals surface area contributed by atoms with Gasteiger partial charge < -0.3 is 9.80 Å². The monoisotopic (exact) mass is 576 g/mol. The quantitative estimate of drug-likeness (QED) is 0.183. The van der Waals surface area contributed by atoms with Crippen LogP contribution in [0.2, 0.25) is 0 Å². The fourth-order valence-corrected chi connectivity index (χ4v) is 9.61. The molecule has 2 fully saturated rings. The van der Waals surface area contributed by atoms with Gasteiger partial charge in [0.25, 0.3) is 0 Å². The van der Waals surface area contributed by atoms with Gasteiger partial charge in [-0.25, -0.2) is 0 Å². The minimum absolute atomic E-state index is 0.805. The molecule has 2 heterocycles. The normalized spacial score (nSPS) is 15.3. The van der Waals surface area contributed by atoms with Crippen LogP contribution in [-0.4, -0.2) is 26.2 Å². The molecule has 0 spiro atoms. The van der Waals surface area contributed by atoms with Crippen molar-refractivity contribution in [3.63, 3.8) is 0 Å². The number of benzene rings is 6. The van der Waals surface area contributed by atoms with Crippen molar-refractivity contribution >= 4 is 56.8 Å². The van der Waals surface area contributed by atoms with Gasteiger partial charge in [0.05, 0.1) is 0 Å². The molecule has 8 rings (SSSR count). The maximum Gasteiger partial charge on any atom is 0.0366 e. The molecule has 3 heteroatoms. The number of hydrogen-bond acceptors (Lipinski definition) is 2. The van der Waals surface area contributed by atoms with Gasteiger partial charge in [-0.05, 0) is 106 Å². The third kappa shape index (κ3) is 4.98. The molecule has 43 heavy (non-hydrogen) atoms. The molecule has 0 saturated carbocycles. The summed E-state index contributed by atoms with van der Waals surface area (Å²) in [5.74, 6) is 0. The van der Waals surface area contributed by atoms with Crippen LogP contribution in [0.15, 0.2) is 127 Å². The Morgan fingerprint density at radius 3 is 1.49 bits per heavy atom. The van der Waals surface area contributed by atoms with E-state index in [1.807, 2.05) is 0 Å². The zero-order valence-electron chi connectivity index (χ0n) is 24.6. The van der Waals surface area contributed by atoms with Crippen molar-refractivity contribution in [3.8, 4) is 11.1 Å². The lowest BCUT2D eigenvalue weighted by Gasteiger charge is -2.26. The molecule has 0 bridgehead atoms. The van der Waals surface area contributed by atoms with Crippen molar-refractivity contribution in [2.75, 3.05) is 36.0 Å². The van der Waals surface area contributed by atoms with E-state index in [1.54, 1.807) is 0 Å². The SMILES string of the molecule is c1ccc2c(-c3c(P(c4ccc(N5CCCC5)cc4)c4ccc(N5CCCC5)cc4)ccc4ccccc34)cccc2c1. The summed E-state index contributed by atoms with van der Waals surface area (Å²) in [5.41, 5.74) is 5.40. The molecule has 0 unspecified atom stereocenters. The van der Waals surface area contributed by atoms with E-state index >= 15 is 0 Å². The molecule has 0 amide bonds. The summed E-state index contributed by atoms with van der Waals surface area (Å²) in [7, 11) is -0.805. The van der Waals surface area contributed by atoms with E-state index in [0.29, 0.717) is 0 Å². The average molecular weight is 577 g/mol. The lowest BCUT2D eigenvalue weighted by Crippen LogP contribution is -2.24. The fraction of sp³-hybridized carbons (Fsp3) is 0.200. The third-order valence-electron chi connectivity index (χ3n) is 9.37. The van der Waals surface area contributed by atoms with Gasteiger partial charge in [0.1, 0.15) is 0 Å². The van der Waals surface area contributed by atoms with Crippen molar-refractivity contribution in [1.82, 2.24) is 0 Å². The number of nitrogens with zero attached hydrogens (tertiary/aromatic N) is 2. The molecule has 2 nitrogen and oxygen atoms in total. The van der Waals surface area contributed by atoms with Crippen LogP contribution in [0.5, 0.6) is 0 Å². The summed E-state index contributed by atoms with van der Waals surface area (Å²) in [5, 5.41) is 9.45. The maximum atomic E-state index is 2.54. The summed E-state index contributed by atoms with van der Waals surface area (Å²) in [4.78, 5) is 5.07. The van der Waals surface area contributed by atoms with Crippen LogP contribution in [0.1, 0.15) is 25.7 Å². The zero-order valence-corrected chi connectivity index (χ0v) is 25.5. The van der Waals surface area contributed by atoms with Crippen LogP contribution in [0, 0.1) is 0 Å². The first kappa shape index (κ1) is 26.5. The van der Waals surface area contributed by atoms with Crippen molar-refractivity contribution < 1.29 is 0 Å². The second-order valence-corrected chi connectivity index (χ2v) is 14.1. The number of anilines is 2. The Labute approximate surface area is 256 Å². The number of rotatable bonds is 6. The minimum Gasteiger partial charge on any atom is -0.372 e. The van der Waals surface area contributed by atoms with Crippen LogP contribution in [0.4, 0.5) is 11.4 Å². The molecular formula is C40H37N2P. The Hall–Kier alpha value is -4.13. The zero-order chi connectivity index (χ0) is 28.6. The maximum absolute atomic E-state index is 2.54. The Morgan fingerprint density at radius 2 is 0.907 bits per heavy atom. The van der Waals surface area contributed by atoms with Crippen LogP contribution in [0.3, 0.4) is 0 Å². The summed E-state index contributed by atoms with van der Waals surface area (Å²) in [6.07, 6.45) is 5.18. The van der Waals surface area contributed by atoms with E-state index in [9.17, 15) is 0 Å². The molecule has 212 valence electrons. The molecule has 0 radical (unpaired) electrons. The summed E-state index contributed by atoms with van der Waals surface area (Å²) >= 11 is 0. The van der Waals surface area contributed by atoms with Crippen LogP contribution >= 0.6 is 7.92 Å². The second kappa shape index (κ2) is 11.5. The van der Waals surface area contributed by atoms with E-state index in [2.05, 4.69) is 137 Å². The van der Waals surface area contributed by atoms with Crippen molar-refractivity contribution in [2.24, 2.45) is 0 Å². The van der Waals surface area contributed by atoms with Gasteiger partial charge in [-0.1, -0.05) is 103 Å². The van der Waals surface area contributed by atoms with Gasteiger partial charge in [-0.3, -0.25) is 0 Å². The second-order valence-electron chi connectivity index (χ2n) is 12.0. The minimum atomic E-state index is -0.805.